The number of halogens is 3. The number of hydrogen-bond acceptors (Lipinski definition) is 3. The van der Waals surface area contributed by atoms with Gasteiger partial charge in [0.1, 0.15) is 11.3 Å². The molecule has 3 unspecified atom stereocenters. The summed E-state index contributed by atoms with van der Waals surface area (Å²) >= 11 is 0. The maximum absolute atomic E-state index is 14.3. The number of hydrogen-bond donors (Lipinski definition) is 0. The molecule has 2 aromatic carbocycles. The molecule has 188 valence electrons. The van der Waals surface area contributed by atoms with Crippen molar-refractivity contribution in [1.82, 2.24) is 4.90 Å². The average Bonchev–Trinajstić information content (AvgIpc) is 2.83. The van der Waals surface area contributed by atoms with Crippen molar-refractivity contribution in [2.75, 3.05) is 0 Å². The van der Waals surface area contributed by atoms with Crippen molar-refractivity contribution in [3.8, 4) is 11.8 Å². The number of alkyl halides is 3. The van der Waals surface area contributed by atoms with Crippen LogP contribution in [0.2, 0.25) is 0 Å². The van der Waals surface area contributed by atoms with Crippen LogP contribution < -0.4 is 4.74 Å². The van der Waals surface area contributed by atoms with Gasteiger partial charge in [0.15, 0.2) is 0 Å². The Labute approximate surface area is 206 Å². The Morgan fingerprint density at radius 2 is 1.69 bits per heavy atom. The molecule has 2 aromatic rings. The lowest BCUT2D eigenvalue weighted by molar-refractivity contribution is -0.138. The standard InChI is InChI=1S/C29H35F3N2O/c1-18-6-10-25(11-7-18)35-27-13-9-22-16-21(8-12-26(22)28(27)29(30,31)32)19(2)34-23-4-3-5-24(34)15-20(14-23)17-33/h8-9,12-13,16,18-20,23-25H,3-7,10-11,14-15H2,1-2H3. The molecule has 2 saturated heterocycles. The van der Waals surface area contributed by atoms with E-state index in [1.54, 1.807) is 12.1 Å². The van der Waals surface area contributed by atoms with Crippen LogP contribution in [0.5, 0.6) is 5.75 Å². The van der Waals surface area contributed by atoms with Gasteiger partial charge >= 0.3 is 6.18 Å². The molecule has 3 aliphatic rings. The van der Waals surface area contributed by atoms with E-state index in [0.717, 1.165) is 56.9 Å². The maximum Gasteiger partial charge on any atom is 0.420 e. The van der Waals surface area contributed by atoms with E-state index in [-0.39, 0.29) is 29.2 Å². The summed E-state index contributed by atoms with van der Waals surface area (Å²) in [6.07, 6.45) is 4.11. The van der Waals surface area contributed by atoms with Crippen LogP contribution in [0.1, 0.15) is 88.8 Å². The highest BCUT2D eigenvalue weighted by molar-refractivity contribution is 5.89. The van der Waals surface area contributed by atoms with Crippen LogP contribution in [0.3, 0.4) is 0 Å². The molecule has 0 amide bonds. The second kappa shape index (κ2) is 9.65. The molecule has 0 N–H and O–H groups in total. The fourth-order valence-electron chi connectivity index (χ4n) is 6.83. The Morgan fingerprint density at radius 1 is 1.00 bits per heavy atom. The smallest absolute Gasteiger partial charge is 0.420 e. The lowest BCUT2D eigenvalue weighted by Crippen LogP contribution is -2.52. The van der Waals surface area contributed by atoms with Gasteiger partial charge in [0.2, 0.25) is 0 Å². The van der Waals surface area contributed by atoms with Crippen LogP contribution >= 0.6 is 0 Å². The molecule has 2 aliphatic heterocycles. The summed E-state index contributed by atoms with van der Waals surface area (Å²) in [5.41, 5.74) is 0.382. The Kier molecular flexibility index (Phi) is 6.74. The first-order chi connectivity index (χ1) is 16.7. The third kappa shape index (κ3) is 4.89. The minimum atomic E-state index is -4.49. The van der Waals surface area contributed by atoms with Gasteiger partial charge in [-0.05, 0) is 92.7 Å². The fraction of sp³-hybridized carbons (Fsp3) is 0.621. The molecular weight excluding hydrogens is 449 g/mol. The Bertz CT molecular complexity index is 1090. The van der Waals surface area contributed by atoms with E-state index in [1.165, 1.54) is 12.5 Å². The lowest BCUT2D eigenvalue weighted by Gasteiger charge is -2.50. The third-order valence-corrected chi connectivity index (χ3v) is 8.69. The molecule has 6 heteroatoms. The Morgan fingerprint density at radius 3 is 2.31 bits per heavy atom. The molecule has 0 radical (unpaired) electrons. The zero-order valence-electron chi connectivity index (χ0n) is 20.7. The fourth-order valence-corrected chi connectivity index (χ4v) is 6.83. The van der Waals surface area contributed by atoms with Crippen LogP contribution in [0, 0.1) is 23.2 Å². The molecule has 2 heterocycles. The molecule has 1 saturated carbocycles. The normalized spacial score (nSPS) is 30.6. The van der Waals surface area contributed by atoms with Gasteiger partial charge in [-0.15, -0.1) is 0 Å². The number of fused-ring (bicyclic) bond motifs is 3. The van der Waals surface area contributed by atoms with E-state index in [2.05, 4.69) is 24.8 Å². The van der Waals surface area contributed by atoms with Crippen molar-refractivity contribution in [2.24, 2.45) is 11.8 Å². The van der Waals surface area contributed by atoms with Crippen LogP contribution in [0.15, 0.2) is 30.3 Å². The zero-order valence-corrected chi connectivity index (χ0v) is 20.7. The van der Waals surface area contributed by atoms with Gasteiger partial charge < -0.3 is 4.74 Å². The quantitative estimate of drug-likeness (QED) is 0.441. The van der Waals surface area contributed by atoms with E-state index in [1.807, 2.05) is 12.1 Å². The molecule has 5 rings (SSSR count). The molecule has 3 fully saturated rings. The first-order valence-corrected chi connectivity index (χ1v) is 13.2. The molecular formula is C29H35F3N2O. The van der Waals surface area contributed by atoms with Crippen molar-refractivity contribution in [3.05, 3.63) is 41.5 Å². The van der Waals surface area contributed by atoms with Crippen molar-refractivity contribution < 1.29 is 17.9 Å². The van der Waals surface area contributed by atoms with E-state index in [0.29, 0.717) is 23.4 Å². The van der Waals surface area contributed by atoms with Gasteiger partial charge in [-0.3, -0.25) is 4.90 Å². The SMILES string of the molecule is CC1CCC(Oc2ccc3cc(C(C)N4C5CCCC4CC(C#N)C5)ccc3c2C(F)(F)F)CC1. The topological polar surface area (TPSA) is 36.3 Å². The number of rotatable bonds is 4. The number of ether oxygens (including phenoxy) is 1. The number of piperidine rings is 2. The molecule has 3 atom stereocenters. The summed E-state index contributed by atoms with van der Waals surface area (Å²) in [5.74, 6) is 0.683. The minimum Gasteiger partial charge on any atom is -0.490 e. The molecule has 35 heavy (non-hydrogen) atoms. The van der Waals surface area contributed by atoms with Gasteiger partial charge in [-0.2, -0.15) is 18.4 Å². The largest absolute Gasteiger partial charge is 0.490 e. The number of nitriles is 1. The highest BCUT2D eigenvalue weighted by atomic mass is 19.4. The average molecular weight is 485 g/mol. The predicted molar refractivity (Wildman–Crippen MR) is 131 cm³/mol. The van der Waals surface area contributed by atoms with Crippen molar-refractivity contribution >= 4 is 10.8 Å². The third-order valence-electron chi connectivity index (χ3n) is 8.69. The lowest BCUT2D eigenvalue weighted by atomic mass is 9.77. The Hall–Kier alpha value is -2.26. The van der Waals surface area contributed by atoms with E-state index in [9.17, 15) is 18.4 Å². The van der Waals surface area contributed by atoms with Crippen molar-refractivity contribution in [1.29, 1.82) is 5.26 Å². The van der Waals surface area contributed by atoms with E-state index < -0.39 is 11.7 Å². The summed E-state index contributed by atoms with van der Waals surface area (Å²) in [7, 11) is 0. The highest BCUT2D eigenvalue weighted by Crippen LogP contribution is 2.45. The summed E-state index contributed by atoms with van der Waals surface area (Å²) in [6, 6.07) is 12.0. The minimum absolute atomic E-state index is 0.0431. The number of nitrogens with zero attached hydrogens (tertiary/aromatic N) is 2. The monoisotopic (exact) mass is 484 g/mol. The molecule has 0 spiro atoms. The second-order valence-electron chi connectivity index (χ2n) is 11.1. The first kappa shape index (κ1) is 24.4. The van der Waals surface area contributed by atoms with Gasteiger partial charge in [-0.25, -0.2) is 0 Å². The van der Waals surface area contributed by atoms with Gasteiger partial charge in [-0.1, -0.05) is 31.5 Å². The van der Waals surface area contributed by atoms with Gasteiger partial charge in [0, 0.05) is 24.0 Å². The summed E-state index contributed by atoms with van der Waals surface area (Å²) in [5, 5.41) is 10.3. The van der Waals surface area contributed by atoms with Gasteiger partial charge in [0.05, 0.1) is 12.2 Å². The predicted octanol–water partition coefficient (Wildman–Crippen LogP) is 8.03. The van der Waals surface area contributed by atoms with Crippen LogP contribution in [-0.4, -0.2) is 23.1 Å². The first-order valence-electron chi connectivity index (χ1n) is 13.2. The molecule has 3 nitrogen and oxygen atoms in total. The van der Waals surface area contributed by atoms with E-state index >= 15 is 0 Å². The molecule has 1 aliphatic carbocycles. The molecule has 0 aromatic heterocycles. The summed E-state index contributed by atoms with van der Waals surface area (Å²) in [4.78, 5) is 2.53. The summed E-state index contributed by atoms with van der Waals surface area (Å²) in [6.45, 7) is 4.34. The van der Waals surface area contributed by atoms with Crippen LogP contribution in [0.4, 0.5) is 13.2 Å². The number of benzene rings is 2. The van der Waals surface area contributed by atoms with Crippen LogP contribution in [-0.2, 0) is 6.18 Å². The van der Waals surface area contributed by atoms with Gasteiger partial charge in [0.25, 0.3) is 0 Å². The van der Waals surface area contributed by atoms with Crippen molar-refractivity contribution in [3.63, 3.8) is 0 Å². The van der Waals surface area contributed by atoms with Crippen molar-refractivity contribution in [2.45, 2.75) is 102 Å². The van der Waals surface area contributed by atoms with E-state index in [4.69, 9.17) is 4.74 Å². The summed E-state index contributed by atoms with van der Waals surface area (Å²) < 4.78 is 48.7. The van der Waals surface area contributed by atoms with Crippen LogP contribution in [0.25, 0.3) is 10.8 Å². The second-order valence-corrected chi connectivity index (χ2v) is 11.1. The maximum atomic E-state index is 14.3. The Balaban J connectivity index is 1.45. The highest BCUT2D eigenvalue weighted by Gasteiger charge is 2.41. The molecule has 2 bridgehead atoms. The zero-order chi connectivity index (χ0) is 24.7.